The summed E-state index contributed by atoms with van der Waals surface area (Å²) in [5, 5.41) is 9.49. The molecule has 90 valence electrons. The zero-order valence-corrected chi connectivity index (χ0v) is 11.5. The highest BCUT2D eigenvalue weighted by Gasteiger charge is 2.09. The number of nitriles is 1. The van der Waals surface area contributed by atoms with Gasteiger partial charge in [0.25, 0.3) is 0 Å². The third kappa shape index (κ3) is 2.58. The molecular formula is C13H8BrClN2O. The number of nitrogen functional groups attached to an aromatic ring is 1. The van der Waals surface area contributed by atoms with E-state index in [0.717, 1.165) is 4.47 Å². The van der Waals surface area contributed by atoms with Gasteiger partial charge in [-0.25, -0.2) is 0 Å². The van der Waals surface area contributed by atoms with Crippen molar-refractivity contribution < 1.29 is 4.74 Å². The van der Waals surface area contributed by atoms with Gasteiger partial charge in [0.1, 0.15) is 11.8 Å². The molecule has 0 fully saturated rings. The second-order valence-corrected chi connectivity index (χ2v) is 4.80. The van der Waals surface area contributed by atoms with Crippen molar-refractivity contribution in [2.24, 2.45) is 0 Å². The standard InChI is InChI=1S/C13H8BrClN2O/c14-10-6-9(15)4-5-11(10)18-12-3-1-2-8(7-16)13(12)17/h1-6H,17H2. The van der Waals surface area contributed by atoms with Crippen molar-refractivity contribution in [1.82, 2.24) is 0 Å². The van der Waals surface area contributed by atoms with Crippen LogP contribution in [0.1, 0.15) is 5.56 Å². The monoisotopic (exact) mass is 322 g/mol. The average Bonchev–Trinajstić information content (AvgIpc) is 2.35. The largest absolute Gasteiger partial charge is 0.454 e. The molecule has 0 aliphatic rings. The van der Waals surface area contributed by atoms with Gasteiger partial charge in [-0.05, 0) is 46.3 Å². The van der Waals surface area contributed by atoms with Crippen molar-refractivity contribution in [3.63, 3.8) is 0 Å². The Morgan fingerprint density at radius 3 is 2.67 bits per heavy atom. The number of nitrogens with zero attached hydrogens (tertiary/aromatic N) is 1. The van der Waals surface area contributed by atoms with Gasteiger partial charge >= 0.3 is 0 Å². The van der Waals surface area contributed by atoms with Crippen LogP contribution >= 0.6 is 27.5 Å². The summed E-state index contributed by atoms with van der Waals surface area (Å²) in [5.74, 6) is 1.03. The van der Waals surface area contributed by atoms with Crippen molar-refractivity contribution in [1.29, 1.82) is 5.26 Å². The summed E-state index contributed by atoms with van der Waals surface area (Å²) in [6, 6.07) is 12.2. The van der Waals surface area contributed by atoms with Gasteiger partial charge in [-0.2, -0.15) is 5.26 Å². The van der Waals surface area contributed by atoms with Gasteiger partial charge in [-0.1, -0.05) is 17.7 Å². The Morgan fingerprint density at radius 1 is 1.22 bits per heavy atom. The van der Waals surface area contributed by atoms with E-state index in [-0.39, 0.29) is 0 Å². The Labute approximate surface area is 118 Å². The molecule has 2 aromatic carbocycles. The third-order valence-electron chi connectivity index (χ3n) is 2.30. The zero-order valence-electron chi connectivity index (χ0n) is 9.15. The van der Waals surface area contributed by atoms with Crippen LogP contribution < -0.4 is 10.5 Å². The maximum Gasteiger partial charge on any atom is 0.151 e. The molecule has 18 heavy (non-hydrogen) atoms. The van der Waals surface area contributed by atoms with Gasteiger partial charge in [-0.3, -0.25) is 0 Å². The van der Waals surface area contributed by atoms with E-state index in [1.165, 1.54) is 0 Å². The van der Waals surface area contributed by atoms with Crippen molar-refractivity contribution in [2.45, 2.75) is 0 Å². The molecule has 0 unspecified atom stereocenters. The molecule has 0 aromatic heterocycles. The minimum Gasteiger partial charge on any atom is -0.454 e. The van der Waals surface area contributed by atoms with Gasteiger partial charge in [-0.15, -0.1) is 0 Å². The number of hydrogen-bond acceptors (Lipinski definition) is 3. The van der Waals surface area contributed by atoms with Crippen molar-refractivity contribution in [2.75, 3.05) is 5.73 Å². The Balaban J connectivity index is 2.38. The lowest BCUT2D eigenvalue weighted by Gasteiger charge is -2.10. The summed E-state index contributed by atoms with van der Waals surface area (Å²) in [6.45, 7) is 0. The number of para-hydroxylation sites is 1. The lowest BCUT2D eigenvalue weighted by Crippen LogP contribution is -1.95. The summed E-state index contributed by atoms with van der Waals surface area (Å²) in [5.41, 5.74) is 6.54. The first-order chi connectivity index (χ1) is 8.61. The Morgan fingerprint density at radius 2 is 2.00 bits per heavy atom. The summed E-state index contributed by atoms with van der Waals surface area (Å²) in [6.07, 6.45) is 0. The topological polar surface area (TPSA) is 59.0 Å². The van der Waals surface area contributed by atoms with Crippen LogP contribution in [0.25, 0.3) is 0 Å². The minimum atomic E-state index is 0.321. The number of benzene rings is 2. The van der Waals surface area contributed by atoms with E-state index in [1.54, 1.807) is 36.4 Å². The maximum atomic E-state index is 8.89. The molecule has 0 radical (unpaired) electrons. The molecule has 3 nitrogen and oxygen atoms in total. The van der Waals surface area contributed by atoms with E-state index in [9.17, 15) is 0 Å². The SMILES string of the molecule is N#Cc1cccc(Oc2ccc(Cl)cc2Br)c1N. The smallest absolute Gasteiger partial charge is 0.151 e. The molecule has 5 heteroatoms. The molecule has 0 saturated carbocycles. The molecule has 0 aliphatic heterocycles. The van der Waals surface area contributed by atoms with Crippen LogP contribution in [0.15, 0.2) is 40.9 Å². The van der Waals surface area contributed by atoms with Crippen LogP contribution in [0.3, 0.4) is 0 Å². The molecule has 0 atom stereocenters. The van der Waals surface area contributed by atoms with E-state index >= 15 is 0 Å². The van der Waals surface area contributed by atoms with Gasteiger partial charge in [0.05, 0.1) is 15.7 Å². The molecule has 0 aliphatic carbocycles. The third-order valence-corrected chi connectivity index (χ3v) is 3.16. The van der Waals surface area contributed by atoms with Gasteiger partial charge in [0.2, 0.25) is 0 Å². The first-order valence-electron chi connectivity index (χ1n) is 5.03. The quantitative estimate of drug-likeness (QED) is 0.836. The highest BCUT2D eigenvalue weighted by atomic mass is 79.9. The van der Waals surface area contributed by atoms with Crippen LogP contribution in [0.5, 0.6) is 11.5 Å². The van der Waals surface area contributed by atoms with Crippen LogP contribution in [0.2, 0.25) is 5.02 Å². The molecule has 2 N–H and O–H groups in total. The van der Waals surface area contributed by atoms with Crippen molar-refractivity contribution in [3.05, 3.63) is 51.5 Å². The van der Waals surface area contributed by atoms with Gasteiger partial charge in [0.15, 0.2) is 5.75 Å². The number of ether oxygens (including phenoxy) is 1. The second-order valence-electron chi connectivity index (χ2n) is 3.51. The number of halogens is 2. The Bertz CT molecular complexity index is 637. The van der Waals surface area contributed by atoms with Crippen LogP contribution in [0.4, 0.5) is 5.69 Å². The Kier molecular flexibility index (Phi) is 3.75. The fourth-order valence-electron chi connectivity index (χ4n) is 1.41. The summed E-state index contributed by atoms with van der Waals surface area (Å²) >= 11 is 9.20. The van der Waals surface area contributed by atoms with Crippen LogP contribution in [-0.4, -0.2) is 0 Å². The van der Waals surface area contributed by atoms with Gasteiger partial charge < -0.3 is 10.5 Å². The molecule has 0 bridgehead atoms. The minimum absolute atomic E-state index is 0.321. The van der Waals surface area contributed by atoms with Gasteiger partial charge in [0, 0.05) is 5.02 Å². The fraction of sp³-hybridized carbons (Fsp3) is 0. The van der Waals surface area contributed by atoms with E-state index < -0.39 is 0 Å². The van der Waals surface area contributed by atoms with E-state index in [0.29, 0.717) is 27.8 Å². The van der Waals surface area contributed by atoms with E-state index in [1.807, 2.05) is 6.07 Å². The lowest BCUT2D eigenvalue weighted by molar-refractivity contribution is 0.482. The van der Waals surface area contributed by atoms with Crippen molar-refractivity contribution in [3.8, 4) is 17.6 Å². The molecule has 0 heterocycles. The normalized spacial score (nSPS) is 9.83. The Hall–Kier alpha value is -1.70. The highest BCUT2D eigenvalue weighted by Crippen LogP contribution is 2.35. The zero-order chi connectivity index (χ0) is 13.1. The molecule has 0 saturated heterocycles. The molecule has 0 spiro atoms. The van der Waals surface area contributed by atoms with Crippen LogP contribution in [-0.2, 0) is 0 Å². The lowest BCUT2D eigenvalue weighted by atomic mass is 10.2. The first-order valence-corrected chi connectivity index (χ1v) is 6.20. The molecule has 2 rings (SSSR count). The first kappa shape index (κ1) is 12.7. The van der Waals surface area contributed by atoms with Crippen molar-refractivity contribution >= 4 is 33.2 Å². The predicted octanol–water partition coefficient (Wildman–Crippen LogP) is 4.35. The molecular weight excluding hydrogens is 316 g/mol. The summed E-state index contributed by atoms with van der Waals surface area (Å²) < 4.78 is 6.38. The fourth-order valence-corrected chi connectivity index (χ4v) is 2.17. The average molecular weight is 324 g/mol. The summed E-state index contributed by atoms with van der Waals surface area (Å²) in [4.78, 5) is 0. The molecule has 2 aromatic rings. The number of anilines is 1. The summed E-state index contributed by atoms with van der Waals surface area (Å²) in [7, 11) is 0. The highest BCUT2D eigenvalue weighted by molar-refractivity contribution is 9.10. The predicted molar refractivity (Wildman–Crippen MR) is 74.8 cm³/mol. The molecule has 0 amide bonds. The number of rotatable bonds is 2. The van der Waals surface area contributed by atoms with Crippen LogP contribution in [0, 0.1) is 11.3 Å². The number of nitrogens with two attached hydrogens (primary N) is 1. The number of hydrogen-bond donors (Lipinski definition) is 1. The maximum absolute atomic E-state index is 8.89. The van der Waals surface area contributed by atoms with E-state index in [2.05, 4.69) is 15.9 Å². The second kappa shape index (κ2) is 5.30. The van der Waals surface area contributed by atoms with E-state index in [4.69, 9.17) is 27.3 Å².